The first-order chi connectivity index (χ1) is 12.6. The lowest BCUT2D eigenvalue weighted by Crippen LogP contribution is -2.34. The summed E-state index contributed by atoms with van der Waals surface area (Å²) in [6.07, 6.45) is 3.23. The lowest BCUT2D eigenvalue weighted by molar-refractivity contribution is -0.149. The second-order valence-corrected chi connectivity index (χ2v) is 6.74. The molecule has 1 aliphatic heterocycles. The first-order valence-electron chi connectivity index (χ1n) is 9.20. The predicted octanol–water partition coefficient (Wildman–Crippen LogP) is 3.37. The molecule has 26 heavy (non-hydrogen) atoms. The molecule has 1 aliphatic carbocycles. The molecule has 1 fully saturated rings. The number of ether oxygens (including phenoxy) is 4. The van der Waals surface area contributed by atoms with Crippen molar-refractivity contribution >= 4 is 5.97 Å². The van der Waals surface area contributed by atoms with Crippen molar-refractivity contribution in [2.24, 2.45) is 5.92 Å². The third-order valence-corrected chi connectivity index (χ3v) is 5.27. The SMILES string of the molecule is CCOC(=O)[C@H]1CC[C@@](C#N)(c2ccc(OC)c3c2OCCCO3)CC1. The smallest absolute Gasteiger partial charge is 0.308 e. The van der Waals surface area contributed by atoms with Gasteiger partial charge < -0.3 is 18.9 Å². The Balaban J connectivity index is 1.92. The summed E-state index contributed by atoms with van der Waals surface area (Å²) in [7, 11) is 1.59. The van der Waals surface area contributed by atoms with Crippen molar-refractivity contribution in [2.75, 3.05) is 26.9 Å². The minimum Gasteiger partial charge on any atom is -0.493 e. The Bertz CT molecular complexity index is 701. The van der Waals surface area contributed by atoms with Gasteiger partial charge >= 0.3 is 5.97 Å². The van der Waals surface area contributed by atoms with Crippen LogP contribution >= 0.6 is 0 Å². The molecule has 0 unspecified atom stereocenters. The Morgan fingerprint density at radius 2 is 1.96 bits per heavy atom. The Morgan fingerprint density at radius 1 is 1.27 bits per heavy atom. The number of hydrogen-bond donors (Lipinski definition) is 0. The Hall–Kier alpha value is -2.42. The van der Waals surface area contributed by atoms with Crippen LogP contribution in [-0.4, -0.2) is 32.9 Å². The van der Waals surface area contributed by atoms with Gasteiger partial charge in [0, 0.05) is 12.0 Å². The normalized spacial score (nSPS) is 24.9. The zero-order chi connectivity index (χ0) is 18.6. The van der Waals surface area contributed by atoms with Gasteiger partial charge in [-0.05, 0) is 44.7 Å². The van der Waals surface area contributed by atoms with Crippen molar-refractivity contribution in [3.05, 3.63) is 17.7 Å². The average molecular weight is 359 g/mol. The average Bonchev–Trinajstić information content (AvgIpc) is 2.93. The highest BCUT2D eigenvalue weighted by molar-refractivity contribution is 5.72. The fourth-order valence-electron chi connectivity index (χ4n) is 3.82. The Labute approximate surface area is 154 Å². The number of fused-ring (bicyclic) bond motifs is 1. The van der Waals surface area contributed by atoms with Crippen LogP contribution in [0.15, 0.2) is 12.1 Å². The number of benzene rings is 1. The number of nitrogens with zero attached hydrogens (tertiary/aromatic N) is 1. The van der Waals surface area contributed by atoms with Crippen molar-refractivity contribution < 1.29 is 23.7 Å². The third-order valence-electron chi connectivity index (χ3n) is 5.27. The molecule has 1 heterocycles. The van der Waals surface area contributed by atoms with Gasteiger partial charge in [-0.1, -0.05) is 0 Å². The highest BCUT2D eigenvalue weighted by Gasteiger charge is 2.42. The van der Waals surface area contributed by atoms with Gasteiger partial charge in [0.15, 0.2) is 11.5 Å². The zero-order valence-corrected chi connectivity index (χ0v) is 15.4. The number of methoxy groups -OCH3 is 1. The monoisotopic (exact) mass is 359 g/mol. The molecule has 6 heteroatoms. The van der Waals surface area contributed by atoms with Crippen molar-refractivity contribution in [1.29, 1.82) is 5.26 Å². The predicted molar refractivity (Wildman–Crippen MR) is 94.5 cm³/mol. The van der Waals surface area contributed by atoms with E-state index in [-0.39, 0.29) is 11.9 Å². The van der Waals surface area contributed by atoms with Crippen LogP contribution in [0.4, 0.5) is 0 Å². The number of hydrogen-bond acceptors (Lipinski definition) is 6. The molecule has 0 radical (unpaired) electrons. The van der Waals surface area contributed by atoms with Crippen LogP contribution in [0.1, 0.15) is 44.6 Å². The number of carbonyl (C=O) groups excluding carboxylic acids is 1. The van der Waals surface area contributed by atoms with Crippen molar-refractivity contribution in [2.45, 2.75) is 44.4 Å². The molecule has 0 saturated heterocycles. The van der Waals surface area contributed by atoms with Gasteiger partial charge in [-0.3, -0.25) is 4.79 Å². The lowest BCUT2D eigenvalue weighted by Gasteiger charge is -2.35. The molecule has 1 aromatic carbocycles. The van der Waals surface area contributed by atoms with E-state index >= 15 is 0 Å². The molecule has 0 spiro atoms. The van der Waals surface area contributed by atoms with Crippen LogP contribution in [0, 0.1) is 17.2 Å². The molecule has 2 aliphatic rings. The molecule has 3 rings (SSSR count). The van der Waals surface area contributed by atoms with Crippen LogP contribution in [0.25, 0.3) is 0 Å². The minimum atomic E-state index is -0.687. The summed E-state index contributed by atoms with van der Waals surface area (Å²) in [5.41, 5.74) is 0.146. The molecule has 140 valence electrons. The molecule has 1 saturated carbocycles. The van der Waals surface area contributed by atoms with E-state index in [1.165, 1.54) is 0 Å². The highest BCUT2D eigenvalue weighted by Crippen LogP contribution is 2.50. The van der Waals surface area contributed by atoms with Crippen molar-refractivity contribution in [1.82, 2.24) is 0 Å². The highest BCUT2D eigenvalue weighted by atomic mass is 16.5. The van der Waals surface area contributed by atoms with Crippen LogP contribution in [0.5, 0.6) is 17.2 Å². The molecular weight excluding hydrogens is 334 g/mol. The molecular formula is C20H25NO5. The van der Waals surface area contributed by atoms with E-state index in [2.05, 4.69) is 6.07 Å². The van der Waals surface area contributed by atoms with Crippen molar-refractivity contribution in [3.8, 4) is 23.3 Å². The van der Waals surface area contributed by atoms with Gasteiger partial charge in [0.05, 0.1) is 44.3 Å². The summed E-state index contributed by atoms with van der Waals surface area (Å²) < 4.78 is 22.4. The first-order valence-corrected chi connectivity index (χ1v) is 9.20. The van der Waals surface area contributed by atoms with E-state index in [1.54, 1.807) is 7.11 Å². The van der Waals surface area contributed by atoms with Crippen LogP contribution in [0.2, 0.25) is 0 Å². The van der Waals surface area contributed by atoms with E-state index in [9.17, 15) is 10.1 Å². The second kappa shape index (κ2) is 7.86. The zero-order valence-electron chi connectivity index (χ0n) is 15.4. The molecule has 0 aromatic heterocycles. The fraction of sp³-hybridized carbons (Fsp3) is 0.600. The van der Waals surface area contributed by atoms with Crippen LogP contribution in [0.3, 0.4) is 0 Å². The topological polar surface area (TPSA) is 77.8 Å². The van der Waals surface area contributed by atoms with Gasteiger partial charge in [0.25, 0.3) is 0 Å². The van der Waals surface area contributed by atoms with Crippen LogP contribution < -0.4 is 14.2 Å². The quantitative estimate of drug-likeness (QED) is 0.767. The van der Waals surface area contributed by atoms with E-state index in [0.29, 0.717) is 62.8 Å². The van der Waals surface area contributed by atoms with Gasteiger partial charge in [0.1, 0.15) is 0 Å². The second-order valence-electron chi connectivity index (χ2n) is 6.74. The molecule has 0 atom stereocenters. The molecule has 1 aromatic rings. The van der Waals surface area contributed by atoms with E-state index < -0.39 is 5.41 Å². The van der Waals surface area contributed by atoms with E-state index in [1.807, 2.05) is 19.1 Å². The van der Waals surface area contributed by atoms with Gasteiger partial charge in [-0.2, -0.15) is 5.26 Å². The summed E-state index contributed by atoms with van der Waals surface area (Å²) in [4.78, 5) is 12.0. The minimum absolute atomic E-state index is 0.134. The van der Waals surface area contributed by atoms with Crippen LogP contribution in [-0.2, 0) is 14.9 Å². The Kier molecular flexibility index (Phi) is 5.55. The molecule has 0 bridgehead atoms. The Morgan fingerprint density at radius 3 is 2.58 bits per heavy atom. The van der Waals surface area contributed by atoms with Gasteiger partial charge in [-0.15, -0.1) is 0 Å². The van der Waals surface area contributed by atoms with Crippen molar-refractivity contribution in [3.63, 3.8) is 0 Å². The van der Waals surface area contributed by atoms with E-state index in [0.717, 1.165) is 12.0 Å². The number of rotatable bonds is 4. The summed E-state index contributed by atoms with van der Waals surface area (Å²) >= 11 is 0. The third kappa shape index (κ3) is 3.31. The maximum atomic E-state index is 12.0. The summed E-state index contributed by atoms with van der Waals surface area (Å²) in [5, 5.41) is 10.0. The number of esters is 1. The summed E-state index contributed by atoms with van der Waals surface area (Å²) in [5.74, 6) is 1.50. The fourth-order valence-corrected chi connectivity index (χ4v) is 3.82. The maximum absolute atomic E-state index is 12.0. The largest absolute Gasteiger partial charge is 0.493 e. The standard InChI is InChI=1S/C20H25NO5/c1-3-24-19(22)14-7-9-20(13-21,10-8-14)15-5-6-16(23-2)18-17(15)25-11-4-12-26-18/h5-6,14H,3-4,7-12H2,1-2H3/t14-,20+. The maximum Gasteiger partial charge on any atom is 0.308 e. The van der Waals surface area contributed by atoms with Gasteiger partial charge in [0.2, 0.25) is 5.75 Å². The van der Waals surface area contributed by atoms with Gasteiger partial charge in [-0.25, -0.2) is 0 Å². The molecule has 0 N–H and O–H groups in total. The first kappa shape index (κ1) is 18.4. The number of nitriles is 1. The van der Waals surface area contributed by atoms with E-state index in [4.69, 9.17) is 18.9 Å². The number of carbonyl (C=O) groups is 1. The molecule has 0 amide bonds. The molecule has 6 nitrogen and oxygen atoms in total. The summed E-state index contributed by atoms with van der Waals surface area (Å²) in [6.45, 7) is 3.29. The lowest BCUT2D eigenvalue weighted by atomic mass is 9.67. The summed E-state index contributed by atoms with van der Waals surface area (Å²) in [6, 6.07) is 6.24.